The summed E-state index contributed by atoms with van der Waals surface area (Å²) in [4.78, 5) is 10.9. The van der Waals surface area contributed by atoms with E-state index in [1.54, 1.807) is 6.20 Å². The number of pyridine rings is 1. The molecule has 1 aliphatic carbocycles. The van der Waals surface area contributed by atoms with Gasteiger partial charge >= 0.3 is 0 Å². The van der Waals surface area contributed by atoms with Crippen LogP contribution in [0.3, 0.4) is 0 Å². The van der Waals surface area contributed by atoms with Crippen molar-refractivity contribution in [2.24, 2.45) is 10.9 Å². The van der Waals surface area contributed by atoms with E-state index in [0.717, 1.165) is 37.9 Å². The predicted molar refractivity (Wildman–Crippen MR) is 94.3 cm³/mol. The fourth-order valence-electron chi connectivity index (χ4n) is 2.49. The van der Waals surface area contributed by atoms with Gasteiger partial charge in [0.15, 0.2) is 5.96 Å². The van der Waals surface area contributed by atoms with E-state index in [1.165, 1.54) is 12.8 Å². The average molecular weight is 402 g/mol. The van der Waals surface area contributed by atoms with Crippen LogP contribution in [-0.4, -0.2) is 48.6 Å². The number of aromatic nitrogens is 1. The molecule has 0 aromatic carbocycles. The molecular formula is C15H23IN4O. The van der Waals surface area contributed by atoms with Gasteiger partial charge in [0.05, 0.1) is 6.54 Å². The average Bonchev–Trinajstić information content (AvgIpc) is 3.20. The van der Waals surface area contributed by atoms with Crippen molar-refractivity contribution in [3.63, 3.8) is 0 Å². The summed E-state index contributed by atoms with van der Waals surface area (Å²) in [6, 6.07) is 5.76. The molecule has 2 fully saturated rings. The number of halogens is 1. The predicted octanol–water partition coefficient (Wildman–Crippen LogP) is 2.14. The van der Waals surface area contributed by atoms with Crippen LogP contribution >= 0.6 is 24.0 Å². The number of likely N-dealkylation sites (tertiary alicyclic amines) is 1. The Morgan fingerprint density at radius 1 is 1.43 bits per heavy atom. The van der Waals surface area contributed by atoms with Gasteiger partial charge < -0.3 is 15.0 Å². The third kappa shape index (κ3) is 4.72. The van der Waals surface area contributed by atoms with Gasteiger partial charge in [0.25, 0.3) is 0 Å². The topological polar surface area (TPSA) is 49.8 Å². The molecule has 1 N–H and O–H groups in total. The highest BCUT2D eigenvalue weighted by molar-refractivity contribution is 14.0. The molecule has 1 aromatic rings. The first-order valence-corrected chi connectivity index (χ1v) is 7.38. The molecule has 21 heavy (non-hydrogen) atoms. The van der Waals surface area contributed by atoms with E-state index in [0.29, 0.717) is 5.88 Å². The molecule has 1 saturated carbocycles. The maximum atomic E-state index is 5.90. The Labute approximate surface area is 143 Å². The zero-order chi connectivity index (χ0) is 13.8. The van der Waals surface area contributed by atoms with Gasteiger partial charge in [-0.3, -0.25) is 4.99 Å². The molecule has 0 amide bonds. The fraction of sp³-hybridized carbons (Fsp3) is 0.600. The summed E-state index contributed by atoms with van der Waals surface area (Å²) < 4.78 is 5.90. The second-order valence-corrected chi connectivity index (χ2v) is 5.51. The van der Waals surface area contributed by atoms with Crippen molar-refractivity contribution in [2.75, 3.05) is 26.7 Å². The van der Waals surface area contributed by atoms with Crippen LogP contribution < -0.4 is 10.1 Å². The minimum absolute atomic E-state index is 0. The van der Waals surface area contributed by atoms with E-state index < -0.39 is 0 Å². The van der Waals surface area contributed by atoms with Gasteiger partial charge in [0.1, 0.15) is 6.10 Å². The van der Waals surface area contributed by atoms with E-state index in [2.05, 4.69) is 20.2 Å². The SMILES string of the molecule is CN=C(NCC1CC1)N1CCC(Oc2ccccn2)C1.I. The molecule has 116 valence electrons. The van der Waals surface area contributed by atoms with Crippen LogP contribution in [0, 0.1) is 5.92 Å². The van der Waals surface area contributed by atoms with E-state index in [4.69, 9.17) is 4.74 Å². The van der Waals surface area contributed by atoms with Crippen molar-refractivity contribution in [3.05, 3.63) is 24.4 Å². The van der Waals surface area contributed by atoms with Gasteiger partial charge in [-0.2, -0.15) is 0 Å². The maximum absolute atomic E-state index is 5.90. The van der Waals surface area contributed by atoms with Gasteiger partial charge in [0.2, 0.25) is 5.88 Å². The van der Waals surface area contributed by atoms with Crippen molar-refractivity contribution in [2.45, 2.75) is 25.4 Å². The Bertz CT molecular complexity index is 464. The quantitative estimate of drug-likeness (QED) is 0.477. The van der Waals surface area contributed by atoms with Crippen molar-refractivity contribution in [1.82, 2.24) is 15.2 Å². The highest BCUT2D eigenvalue weighted by Gasteiger charge is 2.28. The van der Waals surface area contributed by atoms with Crippen molar-refractivity contribution in [3.8, 4) is 5.88 Å². The number of nitrogens with one attached hydrogen (secondary N) is 1. The second kappa shape index (κ2) is 7.82. The van der Waals surface area contributed by atoms with Crippen molar-refractivity contribution in [1.29, 1.82) is 0 Å². The van der Waals surface area contributed by atoms with Crippen LogP contribution in [0.4, 0.5) is 0 Å². The number of guanidine groups is 1. The van der Waals surface area contributed by atoms with E-state index >= 15 is 0 Å². The maximum Gasteiger partial charge on any atom is 0.213 e. The summed E-state index contributed by atoms with van der Waals surface area (Å²) in [5, 5.41) is 3.46. The summed E-state index contributed by atoms with van der Waals surface area (Å²) in [5.41, 5.74) is 0. The zero-order valence-electron chi connectivity index (χ0n) is 12.4. The summed E-state index contributed by atoms with van der Waals surface area (Å²) in [5.74, 6) is 2.57. The molecule has 1 aromatic heterocycles. The number of aliphatic imine (C=N–C) groups is 1. The minimum atomic E-state index is 0. The van der Waals surface area contributed by atoms with E-state index in [1.807, 2.05) is 25.2 Å². The minimum Gasteiger partial charge on any atom is -0.472 e. The largest absolute Gasteiger partial charge is 0.472 e. The highest BCUT2D eigenvalue weighted by Crippen LogP contribution is 2.27. The Morgan fingerprint density at radius 2 is 2.29 bits per heavy atom. The number of hydrogen-bond donors (Lipinski definition) is 1. The number of ether oxygens (including phenoxy) is 1. The Hall–Kier alpha value is -1.05. The molecule has 1 atom stereocenters. The lowest BCUT2D eigenvalue weighted by atomic mass is 10.3. The molecule has 2 aliphatic rings. The first kappa shape index (κ1) is 16.3. The first-order valence-electron chi connectivity index (χ1n) is 7.38. The third-order valence-electron chi connectivity index (χ3n) is 3.83. The fourth-order valence-corrected chi connectivity index (χ4v) is 2.49. The third-order valence-corrected chi connectivity index (χ3v) is 3.83. The molecule has 1 unspecified atom stereocenters. The Kier molecular flexibility index (Phi) is 6.08. The zero-order valence-corrected chi connectivity index (χ0v) is 14.7. The molecule has 1 saturated heterocycles. The second-order valence-electron chi connectivity index (χ2n) is 5.51. The summed E-state index contributed by atoms with van der Waals surface area (Å²) in [6.45, 7) is 2.91. The van der Waals surface area contributed by atoms with Crippen LogP contribution in [0.1, 0.15) is 19.3 Å². The molecule has 3 rings (SSSR count). The summed E-state index contributed by atoms with van der Waals surface area (Å²) >= 11 is 0. The molecule has 5 nitrogen and oxygen atoms in total. The van der Waals surface area contributed by atoms with Gasteiger partial charge in [-0.1, -0.05) is 6.07 Å². The molecule has 6 heteroatoms. The lowest BCUT2D eigenvalue weighted by molar-refractivity contribution is 0.205. The normalized spacial score (nSPS) is 21.9. The number of rotatable bonds is 4. The monoisotopic (exact) mass is 402 g/mol. The number of nitrogens with zero attached hydrogens (tertiary/aromatic N) is 3. The van der Waals surface area contributed by atoms with Crippen molar-refractivity contribution < 1.29 is 4.74 Å². The molecule has 1 aliphatic heterocycles. The lowest BCUT2D eigenvalue weighted by Gasteiger charge is -2.21. The molecule has 2 heterocycles. The van der Waals surface area contributed by atoms with Crippen LogP contribution in [0.25, 0.3) is 0 Å². The molecular weight excluding hydrogens is 379 g/mol. The van der Waals surface area contributed by atoms with E-state index in [-0.39, 0.29) is 30.1 Å². The van der Waals surface area contributed by atoms with Gasteiger partial charge in [-0.25, -0.2) is 4.98 Å². The molecule has 0 spiro atoms. The van der Waals surface area contributed by atoms with Gasteiger partial charge in [-0.15, -0.1) is 24.0 Å². The standard InChI is InChI=1S/C15H22N4O.HI/c1-16-15(18-10-12-5-6-12)19-9-7-13(11-19)20-14-4-2-3-8-17-14;/h2-4,8,12-13H,5-7,9-11H2,1H3,(H,16,18);1H. The lowest BCUT2D eigenvalue weighted by Crippen LogP contribution is -2.41. The number of hydrogen-bond acceptors (Lipinski definition) is 3. The van der Waals surface area contributed by atoms with Gasteiger partial charge in [-0.05, 0) is 24.8 Å². The summed E-state index contributed by atoms with van der Waals surface area (Å²) in [6.07, 6.45) is 5.69. The van der Waals surface area contributed by atoms with Crippen molar-refractivity contribution >= 4 is 29.9 Å². The molecule has 0 bridgehead atoms. The van der Waals surface area contributed by atoms with E-state index in [9.17, 15) is 0 Å². The Morgan fingerprint density at radius 3 is 2.95 bits per heavy atom. The smallest absolute Gasteiger partial charge is 0.213 e. The van der Waals surface area contributed by atoms with Crippen LogP contribution in [0.15, 0.2) is 29.4 Å². The Balaban J connectivity index is 0.00000161. The van der Waals surface area contributed by atoms with Gasteiger partial charge in [0, 0.05) is 38.8 Å². The summed E-state index contributed by atoms with van der Waals surface area (Å²) in [7, 11) is 1.85. The van der Waals surface area contributed by atoms with Crippen LogP contribution in [-0.2, 0) is 0 Å². The van der Waals surface area contributed by atoms with Crippen LogP contribution in [0.2, 0.25) is 0 Å². The molecule has 0 radical (unpaired) electrons. The van der Waals surface area contributed by atoms with Crippen LogP contribution in [0.5, 0.6) is 5.88 Å². The first-order chi connectivity index (χ1) is 9.85. The highest BCUT2D eigenvalue weighted by atomic mass is 127.